The third-order valence-electron chi connectivity index (χ3n) is 4.84. The fraction of sp³-hybridized carbons (Fsp3) is 0.625. The van der Waals surface area contributed by atoms with Gasteiger partial charge >= 0.3 is 0 Å². The smallest absolute Gasteiger partial charge is 0.153 e. The van der Waals surface area contributed by atoms with Gasteiger partial charge in [-0.3, -0.25) is 9.80 Å². The zero-order valence-corrected chi connectivity index (χ0v) is 15.5. The first-order chi connectivity index (χ1) is 10.9. The molecule has 0 N–H and O–H groups in total. The Kier molecular flexibility index (Phi) is 5.24. The second-order valence-electron chi connectivity index (χ2n) is 6.42. The van der Waals surface area contributed by atoms with Crippen LogP contribution in [0.1, 0.15) is 18.9 Å². The summed E-state index contributed by atoms with van der Waals surface area (Å²) in [5, 5.41) is 1.29. The third kappa shape index (κ3) is 3.69. The van der Waals surface area contributed by atoms with Gasteiger partial charge in [0.1, 0.15) is 0 Å². The summed E-state index contributed by atoms with van der Waals surface area (Å²) in [6, 6.07) is 5.62. The predicted octanol–water partition coefficient (Wildman–Crippen LogP) is 2.69. The van der Waals surface area contributed by atoms with Crippen LogP contribution in [0, 0.1) is 0 Å². The lowest BCUT2D eigenvalue weighted by molar-refractivity contribution is 0.0406. The highest BCUT2D eigenvalue weighted by Crippen LogP contribution is 2.31. The van der Waals surface area contributed by atoms with E-state index in [2.05, 4.69) is 16.7 Å². The highest BCUT2D eigenvalue weighted by atomic mass is 35.5. The summed E-state index contributed by atoms with van der Waals surface area (Å²) in [4.78, 5) is 4.58. The average Bonchev–Trinajstić information content (AvgIpc) is 2.81. The van der Waals surface area contributed by atoms with Gasteiger partial charge in [0.2, 0.25) is 0 Å². The molecule has 7 heteroatoms. The largest absolute Gasteiger partial charge is 0.297 e. The van der Waals surface area contributed by atoms with Crippen LogP contribution in [0.5, 0.6) is 0 Å². The zero-order chi connectivity index (χ0) is 16.6. The number of piperazine rings is 1. The summed E-state index contributed by atoms with van der Waals surface area (Å²) in [6.07, 6.45) is 1.04. The van der Waals surface area contributed by atoms with Gasteiger partial charge in [0.15, 0.2) is 9.84 Å². The van der Waals surface area contributed by atoms with E-state index < -0.39 is 9.84 Å². The number of rotatable bonds is 4. The molecule has 2 aliphatic heterocycles. The Bertz CT molecular complexity index is 660. The molecule has 0 unspecified atom stereocenters. The molecule has 0 aromatic heterocycles. The fourth-order valence-corrected chi connectivity index (χ4v) is 6.30. The Morgan fingerprint density at radius 1 is 1.09 bits per heavy atom. The molecule has 2 saturated heterocycles. The van der Waals surface area contributed by atoms with Crippen LogP contribution in [0.4, 0.5) is 0 Å². The van der Waals surface area contributed by atoms with Crippen LogP contribution in [-0.2, 0) is 16.4 Å². The van der Waals surface area contributed by atoms with Crippen LogP contribution in [0.15, 0.2) is 18.2 Å². The van der Waals surface area contributed by atoms with Crippen LogP contribution in [0.3, 0.4) is 0 Å². The van der Waals surface area contributed by atoms with Crippen molar-refractivity contribution in [2.75, 3.05) is 31.1 Å². The molecule has 1 aromatic rings. The molecule has 128 valence electrons. The summed E-state index contributed by atoms with van der Waals surface area (Å²) in [7, 11) is -2.97. The summed E-state index contributed by atoms with van der Waals surface area (Å²) in [5.41, 5.74) is 0.892. The Morgan fingerprint density at radius 2 is 1.65 bits per heavy atom. The second-order valence-corrected chi connectivity index (χ2v) is 9.39. The number of benzene rings is 1. The van der Waals surface area contributed by atoms with Crippen molar-refractivity contribution in [1.29, 1.82) is 0 Å². The fourth-order valence-electron chi connectivity index (χ4n) is 3.74. The molecule has 4 nitrogen and oxygen atoms in total. The molecule has 0 bridgehead atoms. The van der Waals surface area contributed by atoms with E-state index in [1.54, 1.807) is 0 Å². The van der Waals surface area contributed by atoms with Crippen LogP contribution < -0.4 is 0 Å². The number of nitrogens with zero attached hydrogens (tertiary/aromatic N) is 2. The maximum absolute atomic E-state index is 12.2. The SMILES string of the molecule is CCCN1CCN(Cc2c(Cl)cccc2Cl)[C@H]2CS(=O)(=O)C[C@H]21. The number of hydrogen-bond donors (Lipinski definition) is 0. The Hall–Kier alpha value is -0.330. The maximum atomic E-state index is 12.2. The van der Waals surface area contributed by atoms with E-state index >= 15 is 0 Å². The van der Waals surface area contributed by atoms with Gasteiger partial charge in [0.25, 0.3) is 0 Å². The standard InChI is InChI=1S/C16H22Cl2N2O2S/c1-2-6-19-7-8-20(16-11-23(21,22)10-15(16)19)9-12-13(17)4-3-5-14(12)18/h3-5,15-16H,2,6-11H2,1H3/t15-,16+/m1/s1. The average molecular weight is 377 g/mol. The lowest BCUT2D eigenvalue weighted by Gasteiger charge is -2.44. The minimum atomic E-state index is -2.97. The van der Waals surface area contributed by atoms with Gasteiger partial charge in [0.05, 0.1) is 11.5 Å². The zero-order valence-electron chi connectivity index (χ0n) is 13.2. The molecule has 0 amide bonds. The van der Waals surface area contributed by atoms with E-state index in [0.29, 0.717) is 16.6 Å². The molecule has 2 fully saturated rings. The van der Waals surface area contributed by atoms with Crippen LogP contribution in [-0.4, -0.2) is 61.4 Å². The lowest BCUT2D eigenvalue weighted by Crippen LogP contribution is -2.58. The van der Waals surface area contributed by atoms with Crippen molar-refractivity contribution in [1.82, 2.24) is 9.80 Å². The Morgan fingerprint density at radius 3 is 2.26 bits per heavy atom. The molecular formula is C16H22Cl2N2O2S. The minimum absolute atomic E-state index is 0.0349. The van der Waals surface area contributed by atoms with Crippen LogP contribution in [0.25, 0.3) is 0 Å². The van der Waals surface area contributed by atoms with Crippen molar-refractivity contribution in [3.63, 3.8) is 0 Å². The van der Waals surface area contributed by atoms with Crippen molar-refractivity contribution in [3.8, 4) is 0 Å². The molecule has 2 heterocycles. The van der Waals surface area contributed by atoms with Gasteiger partial charge in [-0.15, -0.1) is 0 Å². The molecular weight excluding hydrogens is 355 g/mol. The van der Waals surface area contributed by atoms with Gasteiger partial charge < -0.3 is 0 Å². The van der Waals surface area contributed by atoms with Crippen molar-refractivity contribution in [2.24, 2.45) is 0 Å². The van der Waals surface area contributed by atoms with Gasteiger partial charge in [-0.05, 0) is 25.1 Å². The van der Waals surface area contributed by atoms with E-state index in [1.165, 1.54) is 0 Å². The molecule has 1 aromatic carbocycles. The van der Waals surface area contributed by atoms with Crippen LogP contribution in [0.2, 0.25) is 10.0 Å². The lowest BCUT2D eigenvalue weighted by atomic mass is 10.0. The van der Waals surface area contributed by atoms with E-state index in [4.69, 9.17) is 23.2 Å². The minimum Gasteiger partial charge on any atom is -0.297 e. The van der Waals surface area contributed by atoms with Gasteiger partial charge in [-0.2, -0.15) is 0 Å². The molecule has 0 saturated carbocycles. The van der Waals surface area contributed by atoms with E-state index in [-0.39, 0.29) is 23.6 Å². The van der Waals surface area contributed by atoms with Crippen molar-refractivity contribution in [3.05, 3.63) is 33.8 Å². The highest BCUT2D eigenvalue weighted by molar-refractivity contribution is 7.91. The van der Waals surface area contributed by atoms with Crippen molar-refractivity contribution < 1.29 is 8.42 Å². The molecule has 2 aliphatic rings. The second kappa shape index (κ2) is 6.89. The summed E-state index contributed by atoms with van der Waals surface area (Å²) in [5.74, 6) is 0.504. The molecule has 2 atom stereocenters. The molecule has 0 radical (unpaired) electrons. The van der Waals surface area contributed by atoms with Gasteiger partial charge in [-0.1, -0.05) is 36.2 Å². The molecule has 0 aliphatic carbocycles. The number of sulfone groups is 1. The van der Waals surface area contributed by atoms with E-state index in [0.717, 1.165) is 31.6 Å². The first kappa shape index (κ1) is 17.5. The Balaban J connectivity index is 1.84. The third-order valence-corrected chi connectivity index (χ3v) is 7.25. The molecule has 23 heavy (non-hydrogen) atoms. The molecule has 0 spiro atoms. The van der Waals surface area contributed by atoms with Gasteiger partial charge in [-0.25, -0.2) is 8.42 Å². The summed E-state index contributed by atoms with van der Waals surface area (Å²) in [6.45, 7) is 5.44. The predicted molar refractivity (Wildman–Crippen MR) is 95.0 cm³/mol. The number of hydrogen-bond acceptors (Lipinski definition) is 4. The monoisotopic (exact) mass is 376 g/mol. The number of fused-ring (bicyclic) bond motifs is 1. The first-order valence-electron chi connectivity index (χ1n) is 8.02. The van der Waals surface area contributed by atoms with Crippen molar-refractivity contribution in [2.45, 2.75) is 32.0 Å². The molecule has 3 rings (SSSR count). The topological polar surface area (TPSA) is 40.6 Å². The Labute approximate surface area is 148 Å². The van der Waals surface area contributed by atoms with E-state index in [9.17, 15) is 8.42 Å². The van der Waals surface area contributed by atoms with E-state index in [1.807, 2.05) is 18.2 Å². The maximum Gasteiger partial charge on any atom is 0.153 e. The first-order valence-corrected chi connectivity index (χ1v) is 10.6. The van der Waals surface area contributed by atoms with Gasteiger partial charge in [0, 0.05) is 47.3 Å². The van der Waals surface area contributed by atoms with Crippen LogP contribution >= 0.6 is 23.2 Å². The summed E-state index contributed by atoms with van der Waals surface area (Å²) >= 11 is 12.6. The highest BCUT2D eigenvalue weighted by Gasteiger charge is 2.46. The number of halogens is 2. The van der Waals surface area contributed by atoms with Crippen molar-refractivity contribution >= 4 is 33.0 Å². The normalized spacial score (nSPS) is 28.0. The quantitative estimate of drug-likeness (QED) is 0.809. The summed E-state index contributed by atoms with van der Waals surface area (Å²) < 4.78 is 24.3.